The first kappa shape index (κ1) is 31.3. The average Bonchev–Trinajstić information content (AvgIpc) is 3.65. The van der Waals surface area contributed by atoms with Gasteiger partial charge in [-0.15, -0.1) is 0 Å². The zero-order chi connectivity index (χ0) is 36.3. The Balaban J connectivity index is 1.20. The molecular weight excluding hydrogens is 665 g/mol. The molecule has 0 saturated heterocycles. The van der Waals surface area contributed by atoms with Crippen LogP contribution in [0.5, 0.6) is 0 Å². The molecule has 0 N–H and O–H groups in total. The molecule has 11 aromatic rings. The molecule has 0 amide bonds. The highest BCUT2D eigenvalue weighted by atomic mass is 15.0. The zero-order valence-electron chi connectivity index (χ0n) is 30.0. The third kappa shape index (κ3) is 5.22. The van der Waals surface area contributed by atoms with Crippen LogP contribution in [0.4, 0.5) is 0 Å². The zero-order valence-corrected chi connectivity index (χ0v) is 30.0. The Labute approximate surface area is 319 Å². The van der Waals surface area contributed by atoms with E-state index in [4.69, 9.17) is 4.98 Å². The van der Waals surface area contributed by atoms with E-state index in [-0.39, 0.29) is 0 Å². The van der Waals surface area contributed by atoms with E-state index in [2.05, 4.69) is 211 Å². The summed E-state index contributed by atoms with van der Waals surface area (Å²) in [6, 6.07) is 72.6. The summed E-state index contributed by atoms with van der Waals surface area (Å²) in [6.45, 7) is 0. The van der Waals surface area contributed by atoms with Crippen LogP contribution in [-0.2, 0) is 0 Å². The fourth-order valence-electron chi connectivity index (χ4n) is 8.55. The summed E-state index contributed by atoms with van der Waals surface area (Å²) in [5.74, 6) is 0. The third-order valence-electron chi connectivity index (χ3n) is 11.1. The normalized spacial score (nSPS) is 11.6. The van der Waals surface area contributed by atoms with Crippen LogP contribution < -0.4 is 0 Å². The number of hydrogen-bond donors (Lipinski definition) is 0. The lowest BCUT2D eigenvalue weighted by molar-refractivity contribution is 1.19. The molecule has 256 valence electrons. The van der Waals surface area contributed by atoms with Crippen LogP contribution in [0.25, 0.3) is 105 Å². The molecule has 9 aromatic carbocycles. The van der Waals surface area contributed by atoms with E-state index < -0.39 is 0 Å². The van der Waals surface area contributed by atoms with Gasteiger partial charge in [0.25, 0.3) is 0 Å². The quantitative estimate of drug-likeness (QED) is 0.164. The predicted molar refractivity (Wildman–Crippen MR) is 232 cm³/mol. The molecule has 0 radical (unpaired) electrons. The summed E-state index contributed by atoms with van der Waals surface area (Å²) < 4.78 is 2.27. The SMILES string of the molecule is c1ccc(-c2nc3ccc(-c4ccc5c(-c6ccc7ccccc7c6)c6ccccc6c(-c6ccc7ccccc7c6)c5c4)cn3c2-c2ccccc2)cc1. The van der Waals surface area contributed by atoms with Gasteiger partial charge in [0.2, 0.25) is 0 Å². The van der Waals surface area contributed by atoms with E-state index in [1.807, 2.05) is 0 Å². The van der Waals surface area contributed by atoms with Crippen LogP contribution in [0.3, 0.4) is 0 Å². The highest BCUT2D eigenvalue weighted by Gasteiger charge is 2.20. The van der Waals surface area contributed by atoms with Crippen LogP contribution >= 0.6 is 0 Å². The van der Waals surface area contributed by atoms with Crippen LogP contribution in [0.2, 0.25) is 0 Å². The maximum absolute atomic E-state index is 5.19. The molecule has 0 fully saturated rings. The fourth-order valence-corrected chi connectivity index (χ4v) is 8.55. The van der Waals surface area contributed by atoms with E-state index >= 15 is 0 Å². The van der Waals surface area contributed by atoms with Gasteiger partial charge in [0.1, 0.15) is 5.65 Å². The highest BCUT2D eigenvalue weighted by molar-refractivity contribution is 6.22. The second-order valence-electron chi connectivity index (χ2n) is 14.4. The third-order valence-corrected chi connectivity index (χ3v) is 11.1. The number of imidazole rings is 1. The molecule has 0 atom stereocenters. The van der Waals surface area contributed by atoms with Gasteiger partial charge in [0, 0.05) is 17.3 Å². The average molecular weight is 699 g/mol. The lowest BCUT2D eigenvalue weighted by atomic mass is 9.84. The van der Waals surface area contributed by atoms with Crippen molar-refractivity contribution >= 4 is 48.7 Å². The maximum Gasteiger partial charge on any atom is 0.137 e. The van der Waals surface area contributed by atoms with Gasteiger partial charge in [-0.25, -0.2) is 4.98 Å². The monoisotopic (exact) mass is 698 g/mol. The van der Waals surface area contributed by atoms with Crippen molar-refractivity contribution in [1.82, 2.24) is 9.38 Å². The highest BCUT2D eigenvalue weighted by Crippen LogP contribution is 2.46. The van der Waals surface area contributed by atoms with Gasteiger partial charge in [-0.3, -0.25) is 4.40 Å². The summed E-state index contributed by atoms with van der Waals surface area (Å²) in [5.41, 5.74) is 12.5. The first-order valence-corrected chi connectivity index (χ1v) is 18.9. The van der Waals surface area contributed by atoms with Crippen LogP contribution in [0, 0.1) is 0 Å². The Kier molecular flexibility index (Phi) is 7.21. The van der Waals surface area contributed by atoms with Gasteiger partial charge >= 0.3 is 0 Å². The van der Waals surface area contributed by atoms with Crippen molar-refractivity contribution in [3.8, 4) is 55.9 Å². The largest absolute Gasteiger partial charge is 0.298 e. The first-order valence-electron chi connectivity index (χ1n) is 18.9. The summed E-state index contributed by atoms with van der Waals surface area (Å²) in [5, 5.41) is 9.93. The Hall–Kier alpha value is -7.29. The molecular formula is C53H34N2. The molecule has 2 aromatic heterocycles. The Morgan fingerprint density at radius 1 is 0.309 bits per heavy atom. The van der Waals surface area contributed by atoms with Gasteiger partial charge in [-0.2, -0.15) is 0 Å². The smallest absolute Gasteiger partial charge is 0.137 e. The standard InChI is InChI=1S/C53H34N2/c1-3-15-37(16-4-1)52-53(38-17-5-2-6-18-38)55-34-44(28-30-49(55)54-52)41-27-29-47-48(33-41)51(43-26-24-36-14-8-10-20-40(36)32-43)46-22-12-11-21-45(46)50(47)42-25-23-35-13-7-9-19-39(35)31-42/h1-34H. The minimum absolute atomic E-state index is 0.920. The number of nitrogens with zero attached hydrogens (tertiary/aromatic N) is 2. The van der Waals surface area contributed by atoms with Gasteiger partial charge < -0.3 is 0 Å². The molecule has 2 nitrogen and oxygen atoms in total. The molecule has 0 spiro atoms. The topological polar surface area (TPSA) is 17.3 Å². The molecule has 0 saturated carbocycles. The van der Waals surface area contributed by atoms with Crippen molar-refractivity contribution in [3.63, 3.8) is 0 Å². The molecule has 0 unspecified atom stereocenters. The lowest BCUT2D eigenvalue weighted by Gasteiger charge is -2.19. The molecule has 2 heterocycles. The number of fused-ring (bicyclic) bond motifs is 5. The van der Waals surface area contributed by atoms with Crippen molar-refractivity contribution in [2.45, 2.75) is 0 Å². The molecule has 0 bridgehead atoms. The molecule has 2 heteroatoms. The fraction of sp³-hybridized carbons (Fsp3) is 0. The molecule has 11 rings (SSSR count). The van der Waals surface area contributed by atoms with E-state index in [0.29, 0.717) is 0 Å². The Bertz CT molecular complexity index is 3250. The van der Waals surface area contributed by atoms with Crippen molar-refractivity contribution in [3.05, 3.63) is 206 Å². The Morgan fingerprint density at radius 3 is 1.44 bits per heavy atom. The molecule has 55 heavy (non-hydrogen) atoms. The van der Waals surface area contributed by atoms with Gasteiger partial charge in [-0.1, -0.05) is 170 Å². The number of pyridine rings is 1. The van der Waals surface area contributed by atoms with Crippen molar-refractivity contribution in [2.75, 3.05) is 0 Å². The van der Waals surface area contributed by atoms with Crippen molar-refractivity contribution in [1.29, 1.82) is 0 Å². The number of rotatable bonds is 5. The van der Waals surface area contributed by atoms with Gasteiger partial charge in [0.05, 0.1) is 11.4 Å². The summed E-state index contributed by atoms with van der Waals surface area (Å²) in [6.07, 6.45) is 2.26. The van der Waals surface area contributed by atoms with Crippen molar-refractivity contribution in [2.24, 2.45) is 0 Å². The maximum atomic E-state index is 5.19. The number of benzene rings is 9. The van der Waals surface area contributed by atoms with E-state index in [9.17, 15) is 0 Å². The number of hydrogen-bond acceptors (Lipinski definition) is 1. The Morgan fingerprint density at radius 2 is 0.800 bits per heavy atom. The summed E-state index contributed by atoms with van der Waals surface area (Å²) >= 11 is 0. The minimum atomic E-state index is 0.920. The minimum Gasteiger partial charge on any atom is -0.298 e. The van der Waals surface area contributed by atoms with E-state index in [1.165, 1.54) is 65.3 Å². The summed E-state index contributed by atoms with van der Waals surface area (Å²) in [7, 11) is 0. The number of aromatic nitrogens is 2. The summed E-state index contributed by atoms with van der Waals surface area (Å²) in [4.78, 5) is 5.19. The van der Waals surface area contributed by atoms with Crippen molar-refractivity contribution < 1.29 is 0 Å². The van der Waals surface area contributed by atoms with Gasteiger partial charge in [-0.05, 0) is 107 Å². The van der Waals surface area contributed by atoms with Gasteiger partial charge in [0.15, 0.2) is 0 Å². The predicted octanol–water partition coefficient (Wildman–Crippen LogP) is 14.3. The second-order valence-corrected chi connectivity index (χ2v) is 14.4. The van der Waals surface area contributed by atoms with Crippen LogP contribution in [0.15, 0.2) is 206 Å². The molecule has 0 aliphatic rings. The van der Waals surface area contributed by atoms with E-state index in [0.717, 1.165) is 39.3 Å². The molecule has 0 aliphatic heterocycles. The van der Waals surface area contributed by atoms with E-state index in [1.54, 1.807) is 0 Å². The molecule has 0 aliphatic carbocycles. The first-order chi connectivity index (χ1) is 27.3. The second kappa shape index (κ2) is 12.7. The van der Waals surface area contributed by atoms with Crippen LogP contribution in [-0.4, -0.2) is 9.38 Å². The van der Waals surface area contributed by atoms with Crippen LogP contribution in [0.1, 0.15) is 0 Å². The lowest BCUT2D eigenvalue weighted by Crippen LogP contribution is -1.93.